The predicted molar refractivity (Wildman–Crippen MR) is 49.5 cm³/mol. The summed E-state index contributed by atoms with van der Waals surface area (Å²) >= 11 is 0. The summed E-state index contributed by atoms with van der Waals surface area (Å²) in [6.07, 6.45) is 2.70. The molecule has 1 unspecified atom stereocenters. The molecule has 67 valence electrons. The molecule has 0 aliphatic carbocycles. The summed E-state index contributed by atoms with van der Waals surface area (Å²) in [5.41, 5.74) is 0. The highest BCUT2D eigenvalue weighted by Crippen LogP contribution is 2.19. The van der Waals surface area contributed by atoms with Crippen molar-refractivity contribution in [3.8, 4) is 0 Å². The van der Waals surface area contributed by atoms with Gasteiger partial charge in [-0.05, 0) is 12.3 Å². The Bertz CT molecular complexity index is 186. The first-order valence-corrected chi connectivity index (χ1v) is 4.35. The Labute approximate surface area is 74.2 Å². The Morgan fingerprint density at radius 3 is 2.83 bits per heavy atom. The van der Waals surface area contributed by atoms with E-state index in [1.807, 2.05) is 4.90 Å². The summed E-state index contributed by atoms with van der Waals surface area (Å²) in [6, 6.07) is 0. The molecule has 1 atom stereocenters. The normalized spacial score (nSPS) is 23.8. The van der Waals surface area contributed by atoms with Gasteiger partial charge in [0.2, 0.25) is 5.91 Å². The van der Waals surface area contributed by atoms with E-state index in [0.29, 0.717) is 0 Å². The first-order valence-electron chi connectivity index (χ1n) is 4.35. The first-order chi connectivity index (χ1) is 5.65. The lowest BCUT2D eigenvalue weighted by atomic mass is 10.1. The van der Waals surface area contributed by atoms with Crippen LogP contribution in [-0.4, -0.2) is 23.9 Å². The van der Waals surface area contributed by atoms with E-state index in [2.05, 4.69) is 20.4 Å². The number of likely N-dealkylation sites (tertiary alicyclic amines) is 1. The molecule has 0 N–H and O–H groups in total. The quantitative estimate of drug-likeness (QED) is 0.584. The van der Waals surface area contributed by atoms with Gasteiger partial charge in [-0.2, -0.15) is 0 Å². The van der Waals surface area contributed by atoms with Crippen molar-refractivity contribution in [3.05, 3.63) is 18.6 Å². The van der Waals surface area contributed by atoms with Crippen LogP contribution in [-0.2, 0) is 4.79 Å². The van der Waals surface area contributed by atoms with Crippen molar-refractivity contribution in [2.45, 2.75) is 20.3 Å². The summed E-state index contributed by atoms with van der Waals surface area (Å²) < 4.78 is 0. The molecule has 0 aromatic heterocycles. The summed E-state index contributed by atoms with van der Waals surface area (Å²) in [4.78, 5) is 13.4. The van der Waals surface area contributed by atoms with E-state index in [1.54, 1.807) is 6.08 Å². The molecule has 0 spiro atoms. The van der Waals surface area contributed by atoms with E-state index >= 15 is 0 Å². The fourth-order valence-corrected chi connectivity index (χ4v) is 1.52. The molecule has 2 heteroatoms. The fraction of sp³-hybridized carbons (Fsp3) is 0.600. The van der Waals surface area contributed by atoms with Gasteiger partial charge in [0.1, 0.15) is 0 Å². The van der Waals surface area contributed by atoms with E-state index in [9.17, 15) is 4.79 Å². The number of rotatable bonds is 3. The molecule has 1 aliphatic rings. The molecule has 1 rings (SSSR count). The average molecular weight is 166 g/mol. The molecular formula is C10H16NO. The highest BCUT2D eigenvalue weighted by atomic mass is 16.2. The first kappa shape index (κ1) is 9.30. The molecule has 12 heavy (non-hydrogen) atoms. The monoisotopic (exact) mass is 166 g/mol. The Morgan fingerprint density at radius 1 is 1.75 bits per heavy atom. The third-order valence-electron chi connectivity index (χ3n) is 2.13. The zero-order valence-electron chi connectivity index (χ0n) is 7.84. The third-order valence-corrected chi connectivity index (χ3v) is 2.13. The van der Waals surface area contributed by atoms with Crippen LogP contribution in [0.4, 0.5) is 0 Å². The minimum Gasteiger partial charge on any atom is -0.342 e. The maximum Gasteiger partial charge on any atom is 0.229 e. The standard InChI is InChI=1S/C10H16NO/c1-4-9-5-6-11(10(9)12)7-8(2)3/h4,9H,1,5-7H2,2-3H3. The predicted octanol–water partition coefficient (Wildman–Crippen LogP) is 1.64. The lowest BCUT2D eigenvalue weighted by Gasteiger charge is -2.17. The molecule has 1 fully saturated rings. The van der Waals surface area contributed by atoms with E-state index in [-0.39, 0.29) is 11.8 Å². The molecule has 0 bridgehead atoms. The Morgan fingerprint density at radius 2 is 2.42 bits per heavy atom. The van der Waals surface area contributed by atoms with Crippen LogP contribution in [0.15, 0.2) is 12.7 Å². The van der Waals surface area contributed by atoms with Crippen LogP contribution in [0.3, 0.4) is 0 Å². The fourth-order valence-electron chi connectivity index (χ4n) is 1.52. The molecule has 0 saturated carbocycles. The van der Waals surface area contributed by atoms with E-state index in [4.69, 9.17) is 0 Å². The number of hydrogen-bond acceptors (Lipinski definition) is 1. The molecule has 2 nitrogen and oxygen atoms in total. The van der Waals surface area contributed by atoms with Gasteiger partial charge in [-0.3, -0.25) is 4.79 Å². The molecular weight excluding hydrogens is 150 g/mol. The van der Waals surface area contributed by atoms with Crippen molar-refractivity contribution in [3.63, 3.8) is 0 Å². The van der Waals surface area contributed by atoms with Gasteiger partial charge in [-0.1, -0.05) is 19.9 Å². The van der Waals surface area contributed by atoms with E-state index < -0.39 is 0 Å². The number of carbonyl (C=O) groups excluding carboxylic acids is 1. The van der Waals surface area contributed by atoms with Crippen molar-refractivity contribution in [1.82, 2.24) is 4.90 Å². The number of carbonyl (C=O) groups is 1. The summed E-state index contributed by atoms with van der Waals surface area (Å²) in [7, 11) is 0. The average Bonchev–Trinajstić information content (AvgIpc) is 2.32. The Hall–Kier alpha value is -0.790. The summed E-state index contributed by atoms with van der Waals surface area (Å²) in [5, 5.41) is 0. The smallest absolute Gasteiger partial charge is 0.229 e. The van der Waals surface area contributed by atoms with Gasteiger partial charge >= 0.3 is 0 Å². The highest BCUT2D eigenvalue weighted by Gasteiger charge is 2.29. The maximum absolute atomic E-state index is 11.5. The number of nitrogens with zero attached hydrogens (tertiary/aromatic N) is 1. The van der Waals surface area contributed by atoms with Gasteiger partial charge in [-0.15, -0.1) is 6.58 Å². The van der Waals surface area contributed by atoms with Crippen LogP contribution in [0.2, 0.25) is 0 Å². The molecule has 1 amide bonds. The molecule has 0 aromatic rings. The second-order valence-electron chi connectivity index (χ2n) is 3.60. The summed E-state index contributed by atoms with van der Waals surface area (Å²) in [5.74, 6) is 1.60. The van der Waals surface area contributed by atoms with Gasteiger partial charge in [0.05, 0.1) is 5.92 Å². The lowest BCUT2D eigenvalue weighted by molar-refractivity contribution is -0.129. The number of amides is 1. The van der Waals surface area contributed by atoms with Crippen molar-refractivity contribution >= 4 is 5.91 Å². The highest BCUT2D eigenvalue weighted by molar-refractivity contribution is 5.82. The molecule has 1 radical (unpaired) electrons. The minimum absolute atomic E-state index is 0.0735. The van der Waals surface area contributed by atoms with Gasteiger partial charge in [0.25, 0.3) is 0 Å². The minimum atomic E-state index is 0.0735. The van der Waals surface area contributed by atoms with Crippen LogP contribution in [0, 0.1) is 11.8 Å². The van der Waals surface area contributed by atoms with E-state index in [0.717, 1.165) is 19.5 Å². The lowest BCUT2D eigenvalue weighted by Crippen LogP contribution is -2.29. The molecule has 1 heterocycles. The summed E-state index contributed by atoms with van der Waals surface area (Å²) in [6.45, 7) is 9.45. The van der Waals surface area contributed by atoms with Crippen LogP contribution in [0.25, 0.3) is 0 Å². The van der Waals surface area contributed by atoms with Gasteiger partial charge in [-0.25, -0.2) is 0 Å². The van der Waals surface area contributed by atoms with Crippen molar-refractivity contribution in [1.29, 1.82) is 0 Å². The maximum atomic E-state index is 11.5. The topological polar surface area (TPSA) is 20.3 Å². The number of hydrogen-bond donors (Lipinski definition) is 0. The van der Waals surface area contributed by atoms with Crippen molar-refractivity contribution < 1.29 is 4.79 Å². The largest absolute Gasteiger partial charge is 0.342 e. The Kier molecular flexibility index (Phi) is 2.90. The third kappa shape index (κ3) is 1.87. The SMILES string of the molecule is C=CC1CCN(C[C](C)C)C1=O. The van der Waals surface area contributed by atoms with Crippen molar-refractivity contribution in [2.75, 3.05) is 13.1 Å². The Balaban J connectivity index is 2.49. The second kappa shape index (κ2) is 3.74. The van der Waals surface area contributed by atoms with Crippen LogP contribution >= 0.6 is 0 Å². The second-order valence-corrected chi connectivity index (χ2v) is 3.60. The van der Waals surface area contributed by atoms with E-state index in [1.165, 1.54) is 5.92 Å². The molecule has 1 saturated heterocycles. The van der Waals surface area contributed by atoms with Crippen LogP contribution in [0.1, 0.15) is 20.3 Å². The van der Waals surface area contributed by atoms with Gasteiger partial charge in [0.15, 0.2) is 0 Å². The van der Waals surface area contributed by atoms with Crippen molar-refractivity contribution in [2.24, 2.45) is 5.92 Å². The van der Waals surface area contributed by atoms with Crippen LogP contribution in [0.5, 0.6) is 0 Å². The zero-order chi connectivity index (χ0) is 9.14. The van der Waals surface area contributed by atoms with Gasteiger partial charge in [0, 0.05) is 13.1 Å². The molecule has 1 aliphatic heterocycles. The van der Waals surface area contributed by atoms with Crippen LogP contribution < -0.4 is 0 Å². The van der Waals surface area contributed by atoms with Gasteiger partial charge < -0.3 is 4.90 Å². The zero-order valence-corrected chi connectivity index (χ0v) is 7.84. The molecule has 0 aromatic carbocycles.